The van der Waals surface area contributed by atoms with Gasteiger partial charge in [-0.1, -0.05) is 23.8 Å². The van der Waals surface area contributed by atoms with Gasteiger partial charge in [0.25, 0.3) is 0 Å². The summed E-state index contributed by atoms with van der Waals surface area (Å²) in [6, 6.07) is 6.57. The molecule has 0 aliphatic heterocycles. The monoisotopic (exact) mass is 239 g/mol. The lowest BCUT2D eigenvalue weighted by atomic mass is 9.95. The second-order valence-electron chi connectivity index (χ2n) is 5.24. The van der Waals surface area contributed by atoms with Gasteiger partial charge in [-0.05, 0) is 63.8 Å². The van der Waals surface area contributed by atoms with Gasteiger partial charge >= 0.3 is 0 Å². The molecule has 0 aliphatic carbocycles. The van der Waals surface area contributed by atoms with Crippen LogP contribution in [-0.2, 0) is 0 Å². The topological polar surface area (TPSA) is 12.9 Å². The van der Waals surface area contributed by atoms with E-state index >= 15 is 0 Å². The summed E-state index contributed by atoms with van der Waals surface area (Å²) < 4.78 is 0. The highest BCUT2D eigenvalue weighted by atomic mass is 14.7. The first-order chi connectivity index (χ1) is 8.41. The van der Waals surface area contributed by atoms with E-state index in [2.05, 4.69) is 59.7 Å². The number of pyridine rings is 1. The number of aromatic nitrogens is 1. The lowest BCUT2D eigenvalue weighted by molar-refractivity contribution is 1.09. The third-order valence-electron chi connectivity index (χ3n) is 3.94. The molecule has 18 heavy (non-hydrogen) atoms. The maximum atomic E-state index is 4.79. The molecule has 0 saturated heterocycles. The highest BCUT2D eigenvalue weighted by Gasteiger charge is 2.12. The Morgan fingerprint density at radius 1 is 0.778 bits per heavy atom. The molecule has 0 N–H and O–H groups in total. The molecule has 0 radical (unpaired) electrons. The van der Waals surface area contributed by atoms with Crippen molar-refractivity contribution in [2.75, 3.05) is 0 Å². The molecule has 0 aliphatic rings. The molecule has 94 valence electrons. The van der Waals surface area contributed by atoms with Crippen molar-refractivity contribution in [1.29, 1.82) is 0 Å². The molecule has 0 unspecified atom stereocenters. The van der Waals surface area contributed by atoms with E-state index in [1.54, 1.807) is 0 Å². The third kappa shape index (κ3) is 2.05. The van der Waals surface area contributed by atoms with Crippen LogP contribution in [0.2, 0.25) is 0 Å². The largest absolute Gasteiger partial charge is 0.253 e. The number of nitrogens with zero attached hydrogens (tertiary/aromatic N) is 1. The Labute approximate surface area is 110 Å². The normalized spacial score (nSPS) is 10.8. The number of hydrogen-bond acceptors (Lipinski definition) is 1. The minimum Gasteiger partial charge on any atom is -0.253 e. The first-order valence-electron chi connectivity index (χ1n) is 6.44. The Morgan fingerprint density at radius 3 is 2.06 bits per heavy atom. The van der Waals surface area contributed by atoms with Gasteiger partial charge in [-0.25, -0.2) is 0 Å². The average molecular weight is 239 g/mol. The fourth-order valence-electron chi connectivity index (χ4n) is 2.41. The van der Waals surface area contributed by atoms with E-state index in [0.717, 1.165) is 11.4 Å². The van der Waals surface area contributed by atoms with Crippen LogP contribution in [0.5, 0.6) is 0 Å². The summed E-state index contributed by atoms with van der Waals surface area (Å²) >= 11 is 0. The lowest BCUT2D eigenvalue weighted by Gasteiger charge is -2.15. The van der Waals surface area contributed by atoms with Gasteiger partial charge < -0.3 is 0 Å². The summed E-state index contributed by atoms with van der Waals surface area (Å²) in [7, 11) is 0. The van der Waals surface area contributed by atoms with Crippen LogP contribution < -0.4 is 0 Å². The third-order valence-corrected chi connectivity index (χ3v) is 3.94. The van der Waals surface area contributed by atoms with Crippen molar-refractivity contribution in [2.24, 2.45) is 0 Å². The zero-order valence-corrected chi connectivity index (χ0v) is 12.2. The van der Waals surface area contributed by atoms with E-state index in [9.17, 15) is 0 Å². The standard InChI is InChI=1S/C17H21N/c1-10-7-8-16(11(2)9-10)17-14(5)12(3)13(4)15(6)18-17/h7-9H,1-6H3. The van der Waals surface area contributed by atoms with Crippen molar-refractivity contribution in [1.82, 2.24) is 4.98 Å². The van der Waals surface area contributed by atoms with E-state index in [4.69, 9.17) is 4.98 Å². The summed E-state index contributed by atoms with van der Waals surface area (Å²) in [5.74, 6) is 0. The summed E-state index contributed by atoms with van der Waals surface area (Å²) in [6.07, 6.45) is 0. The van der Waals surface area contributed by atoms with Crippen LogP contribution in [-0.4, -0.2) is 4.98 Å². The SMILES string of the molecule is Cc1ccc(-c2nc(C)c(C)c(C)c2C)c(C)c1. The van der Waals surface area contributed by atoms with Crippen LogP contribution in [0.1, 0.15) is 33.5 Å². The molecule has 1 aromatic carbocycles. The molecule has 0 fully saturated rings. The van der Waals surface area contributed by atoms with Gasteiger partial charge in [-0.3, -0.25) is 4.98 Å². The second kappa shape index (κ2) is 4.56. The minimum atomic E-state index is 1.13. The number of hydrogen-bond donors (Lipinski definition) is 0. The highest BCUT2D eigenvalue weighted by Crippen LogP contribution is 2.29. The quantitative estimate of drug-likeness (QED) is 0.708. The van der Waals surface area contributed by atoms with Gasteiger partial charge in [-0.2, -0.15) is 0 Å². The van der Waals surface area contributed by atoms with E-state index in [0.29, 0.717) is 0 Å². The van der Waals surface area contributed by atoms with Crippen LogP contribution in [0.15, 0.2) is 18.2 Å². The molecule has 1 heterocycles. The van der Waals surface area contributed by atoms with Crippen molar-refractivity contribution < 1.29 is 0 Å². The van der Waals surface area contributed by atoms with Gasteiger partial charge in [0.2, 0.25) is 0 Å². The van der Waals surface area contributed by atoms with Gasteiger partial charge in [0.05, 0.1) is 5.69 Å². The van der Waals surface area contributed by atoms with Crippen LogP contribution >= 0.6 is 0 Å². The first-order valence-corrected chi connectivity index (χ1v) is 6.44. The summed E-state index contributed by atoms with van der Waals surface area (Å²) in [4.78, 5) is 4.79. The summed E-state index contributed by atoms with van der Waals surface area (Å²) in [5.41, 5.74) is 10.1. The molecule has 1 heteroatoms. The molecule has 1 nitrogen and oxygen atoms in total. The molecule has 1 aromatic heterocycles. The van der Waals surface area contributed by atoms with Crippen molar-refractivity contribution in [2.45, 2.75) is 41.5 Å². The van der Waals surface area contributed by atoms with Crippen LogP contribution in [0.25, 0.3) is 11.3 Å². The summed E-state index contributed by atoms with van der Waals surface area (Å²) in [6.45, 7) is 12.9. The van der Waals surface area contributed by atoms with E-state index < -0.39 is 0 Å². The number of rotatable bonds is 1. The fourth-order valence-corrected chi connectivity index (χ4v) is 2.41. The smallest absolute Gasteiger partial charge is 0.0739 e. The molecule has 0 amide bonds. The van der Waals surface area contributed by atoms with Crippen LogP contribution in [0, 0.1) is 41.5 Å². The fraction of sp³-hybridized carbons (Fsp3) is 0.353. The van der Waals surface area contributed by atoms with Crippen LogP contribution in [0.4, 0.5) is 0 Å². The summed E-state index contributed by atoms with van der Waals surface area (Å²) in [5, 5.41) is 0. The maximum Gasteiger partial charge on any atom is 0.0739 e. The predicted octanol–water partition coefficient (Wildman–Crippen LogP) is 4.60. The Bertz CT molecular complexity index is 609. The first kappa shape index (κ1) is 12.8. The Hall–Kier alpha value is -1.63. The van der Waals surface area contributed by atoms with Gasteiger partial charge in [0.15, 0.2) is 0 Å². The molecule has 0 saturated carbocycles. The molecule has 2 aromatic rings. The molecular weight excluding hydrogens is 218 g/mol. The van der Waals surface area contributed by atoms with Crippen LogP contribution in [0.3, 0.4) is 0 Å². The van der Waals surface area contributed by atoms with E-state index in [1.165, 1.54) is 33.4 Å². The molecular formula is C17H21N. The predicted molar refractivity (Wildman–Crippen MR) is 78.1 cm³/mol. The molecule has 0 bridgehead atoms. The number of aryl methyl sites for hydroxylation is 3. The minimum absolute atomic E-state index is 1.13. The zero-order valence-electron chi connectivity index (χ0n) is 12.2. The Kier molecular flexibility index (Phi) is 3.25. The molecule has 0 atom stereocenters. The van der Waals surface area contributed by atoms with Crippen molar-refractivity contribution >= 4 is 0 Å². The average Bonchev–Trinajstić information content (AvgIpc) is 2.32. The molecule has 0 spiro atoms. The van der Waals surface area contributed by atoms with E-state index in [1.807, 2.05) is 0 Å². The van der Waals surface area contributed by atoms with Crippen molar-refractivity contribution in [3.8, 4) is 11.3 Å². The lowest BCUT2D eigenvalue weighted by Crippen LogP contribution is -2.00. The second-order valence-corrected chi connectivity index (χ2v) is 5.24. The van der Waals surface area contributed by atoms with Crippen molar-refractivity contribution in [3.05, 3.63) is 51.7 Å². The van der Waals surface area contributed by atoms with Crippen molar-refractivity contribution in [3.63, 3.8) is 0 Å². The zero-order chi connectivity index (χ0) is 13.4. The van der Waals surface area contributed by atoms with E-state index in [-0.39, 0.29) is 0 Å². The van der Waals surface area contributed by atoms with Gasteiger partial charge in [0.1, 0.15) is 0 Å². The Morgan fingerprint density at radius 2 is 1.44 bits per heavy atom. The molecule has 2 rings (SSSR count). The van der Waals surface area contributed by atoms with Gasteiger partial charge in [-0.15, -0.1) is 0 Å². The highest BCUT2D eigenvalue weighted by molar-refractivity contribution is 5.69. The number of benzene rings is 1. The maximum absolute atomic E-state index is 4.79. The Balaban J connectivity index is 2.72. The van der Waals surface area contributed by atoms with Gasteiger partial charge in [0, 0.05) is 11.3 Å².